The van der Waals surface area contributed by atoms with Gasteiger partial charge in [-0.2, -0.15) is 0 Å². The maximum Gasteiger partial charge on any atom is 0.330 e. The fraction of sp³-hybridized carbons (Fsp3) is 0.0625. The lowest BCUT2D eigenvalue weighted by Crippen LogP contribution is -2.14. The van der Waals surface area contributed by atoms with Crippen molar-refractivity contribution < 1.29 is 17.9 Å². The monoisotopic (exact) mass is 317 g/mol. The van der Waals surface area contributed by atoms with Crippen LogP contribution in [0.3, 0.4) is 0 Å². The Balaban J connectivity index is 2.35. The SMILES string of the molecule is COC(=O)C=Cc1ccccc1S(=O)(=O)Nc1ccccc1. The van der Waals surface area contributed by atoms with E-state index in [4.69, 9.17) is 0 Å². The summed E-state index contributed by atoms with van der Waals surface area (Å²) in [6.45, 7) is 0. The number of sulfonamides is 1. The van der Waals surface area contributed by atoms with E-state index in [0.717, 1.165) is 0 Å². The molecule has 0 bridgehead atoms. The zero-order valence-electron chi connectivity index (χ0n) is 11.9. The van der Waals surface area contributed by atoms with Gasteiger partial charge in [0.2, 0.25) is 0 Å². The standard InChI is InChI=1S/C16H15NO4S/c1-21-16(18)12-11-13-7-5-6-10-15(13)22(19,20)17-14-8-3-2-4-9-14/h2-12,17H,1H3. The molecule has 0 aromatic heterocycles. The minimum atomic E-state index is -3.75. The van der Waals surface area contributed by atoms with Gasteiger partial charge in [-0.25, -0.2) is 13.2 Å². The van der Waals surface area contributed by atoms with Crippen LogP contribution in [-0.4, -0.2) is 21.5 Å². The number of benzene rings is 2. The van der Waals surface area contributed by atoms with Gasteiger partial charge in [-0.15, -0.1) is 0 Å². The van der Waals surface area contributed by atoms with Gasteiger partial charge in [0.15, 0.2) is 0 Å². The highest BCUT2D eigenvalue weighted by atomic mass is 32.2. The third-order valence-electron chi connectivity index (χ3n) is 2.83. The highest BCUT2D eigenvalue weighted by molar-refractivity contribution is 7.92. The first-order valence-electron chi connectivity index (χ1n) is 6.46. The fourth-order valence-electron chi connectivity index (χ4n) is 1.81. The summed E-state index contributed by atoms with van der Waals surface area (Å²) >= 11 is 0. The molecule has 0 spiro atoms. The van der Waals surface area contributed by atoms with E-state index in [1.54, 1.807) is 48.5 Å². The maximum absolute atomic E-state index is 12.5. The second-order valence-corrected chi connectivity index (χ2v) is 6.02. The van der Waals surface area contributed by atoms with Crippen LogP contribution in [0.5, 0.6) is 0 Å². The van der Waals surface area contributed by atoms with Crippen molar-refractivity contribution in [2.24, 2.45) is 0 Å². The van der Waals surface area contributed by atoms with Crippen LogP contribution < -0.4 is 4.72 Å². The third-order valence-corrected chi connectivity index (χ3v) is 4.29. The molecule has 0 fully saturated rings. The van der Waals surface area contributed by atoms with Crippen molar-refractivity contribution in [3.8, 4) is 0 Å². The Hall–Kier alpha value is -2.60. The topological polar surface area (TPSA) is 72.5 Å². The number of carbonyl (C=O) groups is 1. The molecule has 114 valence electrons. The molecular weight excluding hydrogens is 302 g/mol. The van der Waals surface area contributed by atoms with Crippen LogP contribution in [0.2, 0.25) is 0 Å². The van der Waals surface area contributed by atoms with E-state index in [1.807, 2.05) is 0 Å². The molecule has 2 rings (SSSR count). The van der Waals surface area contributed by atoms with Crippen LogP contribution in [0, 0.1) is 0 Å². The van der Waals surface area contributed by atoms with Gasteiger partial charge in [0.05, 0.1) is 12.0 Å². The lowest BCUT2D eigenvalue weighted by molar-refractivity contribution is -0.134. The van der Waals surface area contributed by atoms with Gasteiger partial charge in [-0.3, -0.25) is 4.72 Å². The van der Waals surface area contributed by atoms with Crippen molar-refractivity contribution in [1.29, 1.82) is 0 Å². The van der Waals surface area contributed by atoms with Gasteiger partial charge in [-0.1, -0.05) is 36.4 Å². The molecule has 22 heavy (non-hydrogen) atoms. The Morgan fingerprint density at radius 2 is 1.68 bits per heavy atom. The van der Waals surface area contributed by atoms with Crippen LogP contribution in [0.25, 0.3) is 6.08 Å². The van der Waals surface area contributed by atoms with E-state index in [-0.39, 0.29) is 4.90 Å². The Labute approximate surface area is 129 Å². The summed E-state index contributed by atoms with van der Waals surface area (Å²) in [6, 6.07) is 15.0. The summed E-state index contributed by atoms with van der Waals surface area (Å²) in [4.78, 5) is 11.2. The molecule has 5 nitrogen and oxygen atoms in total. The zero-order valence-corrected chi connectivity index (χ0v) is 12.7. The summed E-state index contributed by atoms with van der Waals surface area (Å²) in [7, 11) is -2.50. The molecule has 0 aliphatic carbocycles. The molecule has 1 N–H and O–H groups in total. The normalized spacial score (nSPS) is 11.3. The van der Waals surface area contributed by atoms with Gasteiger partial charge in [0.1, 0.15) is 0 Å². The number of hydrogen-bond acceptors (Lipinski definition) is 4. The molecule has 0 aliphatic heterocycles. The summed E-state index contributed by atoms with van der Waals surface area (Å²) in [5.74, 6) is -0.553. The number of ether oxygens (including phenoxy) is 1. The molecule has 0 saturated heterocycles. The molecule has 0 radical (unpaired) electrons. The van der Waals surface area contributed by atoms with Crippen molar-refractivity contribution in [2.75, 3.05) is 11.8 Å². The van der Waals surface area contributed by atoms with Crippen LogP contribution in [0.1, 0.15) is 5.56 Å². The number of rotatable bonds is 5. The predicted molar refractivity (Wildman–Crippen MR) is 84.7 cm³/mol. The molecule has 2 aromatic carbocycles. The van der Waals surface area contributed by atoms with Gasteiger partial charge >= 0.3 is 5.97 Å². The quantitative estimate of drug-likeness (QED) is 0.680. The van der Waals surface area contributed by atoms with E-state index in [2.05, 4.69) is 9.46 Å². The Kier molecular flexibility index (Phi) is 4.95. The molecule has 0 saturated carbocycles. The molecular formula is C16H15NO4S. The van der Waals surface area contributed by atoms with Crippen LogP contribution in [0.15, 0.2) is 65.6 Å². The van der Waals surface area contributed by atoms with Gasteiger partial charge in [0, 0.05) is 11.8 Å². The van der Waals surface area contributed by atoms with Crippen molar-refractivity contribution in [3.63, 3.8) is 0 Å². The maximum atomic E-state index is 12.5. The number of methoxy groups -OCH3 is 1. The summed E-state index contributed by atoms with van der Waals surface area (Å²) in [5, 5.41) is 0. The Morgan fingerprint density at radius 3 is 2.36 bits per heavy atom. The van der Waals surface area contributed by atoms with E-state index in [0.29, 0.717) is 11.3 Å². The number of esters is 1. The highest BCUT2D eigenvalue weighted by Crippen LogP contribution is 2.20. The van der Waals surface area contributed by atoms with E-state index >= 15 is 0 Å². The van der Waals surface area contributed by atoms with Crippen LogP contribution in [-0.2, 0) is 19.6 Å². The van der Waals surface area contributed by atoms with Crippen molar-refractivity contribution >= 4 is 27.8 Å². The lowest BCUT2D eigenvalue weighted by atomic mass is 10.2. The van der Waals surface area contributed by atoms with Crippen molar-refractivity contribution in [3.05, 3.63) is 66.2 Å². The van der Waals surface area contributed by atoms with Gasteiger partial charge in [-0.05, 0) is 29.8 Å². The van der Waals surface area contributed by atoms with Gasteiger partial charge in [0.25, 0.3) is 10.0 Å². The molecule has 0 amide bonds. The Bertz CT molecular complexity index is 783. The molecule has 0 heterocycles. The lowest BCUT2D eigenvalue weighted by Gasteiger charge is -2.10. The molecule has 2 aromatic rings. The molecule has 0 unspecified atom stereocenters. The Morgan fingerprint density at radius 1 is 1.05 bits per heavy atom. The summed E-state index contributed by atoms with van der Waals surface area (Å²) < 4.78 is 32.0. The number of para-hydroxylation sites is 1. The largest absolute Gasteiger partial charge is 0.466 e. The second kappa shape index (κ2) is 6.91. The number of nitrogens with one attached hydrogen (secondary N) is 1. The fourth-order valence-corrected chi connectivity index (χ4v) is 3.07. The molecule has 6 heteroatoms. The first kappa shape index (κ1) is 15.8. The van der Waals surface area contributed by atoms with Crippen LogP contribution >= 0.6 is 0 Å². The number of carbonyl (C=O) groups excluding carboxylic acids is 1. The third kappa shape index (κ3) is 3.95. The van der Waals surface area contributed by atoms with Gasteiger partial charge < -0.3 is 4.74 Å². The van der Waals surface area contributed by atoms with E-state index in [9.17, 15) is 13.2 Å². The van der Waals surface area contributed by atoms with Crippen molar-refractivity contribution in [1.82, 2.24) is 0 Å². The van der Waals surface area contributed by atoms with E-state index < -0.39 is 16.0 Å². The number of hydrogen-bond donors (Lipinski definition) is 1. The first-order valence-corrected chi connectivity index (χ1v) is 7.94. The van der Waals surface area contributed by atoms with Crippen molar-refractivity contribution in [2.45, 2.75) is 4.90 Å². The average Bonchev–Trinajstić information content (AvgIpc) is 2.53. The smallest absolute Gasteiger partial charge is 0.330 e. The second-order valence-electron chi connectivity index (χ2n) is 4.37. The zero-order chi connectivity index (χ0) is 16.0. The van der Waals surface area contributed by atoms with Crippen LogP contribution in [0.4, 0.5) is 5.69 Å². The molecule has 0 aliphatic rings. The highest BCUT2D eigenvalue weighted by Gasteiger charge is 2.17. The minimum Gasteiger partial charge on any atom is -0.466 e. The average molecular weight is 317 g/mol. The first-order chi connectivity index (χ1) is 10.5. The summed E-state index contributed by atoms with van der Waals surface area (Å²) in [6.07, 6.45) is 2.59. The summed E-state index contributed by atoms with van der Waals surface area (Å²) in [5.41, 5.74) is 0.866. The number of anilines is 1. The minimum absolute atomic E-state index is 0.0824. The van der Waals surface area contributed by atoms with E-state index in [1.165, 1.54) is 25.3 Å². The predicted octanol–water partition coefficient (Wildman–Crippen LogP) is 2.67. The molecule has 0 atom stereocenters.